The molecule has 1 spiro atoms. The van der Waals surface area contributed by atoms with Crippen molar-refractivity contribution in [2.45, 2.75) is 57.7 Å². The first-order chi connectivity index (χ1) is 15.5. The molecule has 32 heavy (non-hydrogen) atoms. The molecule has 3 heterocycles. The SMILES string of the molecule is CCCN1CCC2(CC1)NC(=O)N(C1CCN(C(=O)c3ccc(COCC)cc3)C1)C2=O. The average Bonchev–Trinajstić information content (AvgIpc) is 3.37. The second-order valence-corrected chi connectivity index (χ2v) is 9.06. The number of imide groups is 1. The molecule has 1 unspecified atom stereocenters. The van der Waals surface area contributed by atoms with Crippen LogP contribution in [0.25, 0.3) is 0 Å². The monoisotopic (exact) mass is 442 g/mol. The Morgan fingerprint density at radius 1 is 1.12 bits per heavy atom. The highest BCUT2D eigenvalue weighted by molar-refractivity contribution is 6.07. The first-order valence-corrected chi connectivity index (χ1v) is 11.8. The third-order valence-corrected chi connectivity index (χ3v) is 6.93. The van der Waals surface area contributed by atoms with Crippen molar-refractivity contribution in [3.8, 4) is 0 Å². The van der Waals surface area contributed by atoms with Crippen molar-refractivity contribution in [2.24, 2.45) is 0 Å². The highest BCUT2D eigenvalue weighted by Gasteiger charge is 2.54. The van der Waals surface area contributed by atoms with Gasteiger partial charge < -0.3 is 19.9 Å². The Bertz CT molecular complexity index is 848. The molecule has 8 heteroatoms. The van der Waals surface area contributed by atoms with Gasteiger partial charge in [-0.05, 0) is 56.8 Å². The largest absolute Gasteiger partial charge is 0.377 e. The molecule has 1 N–H and O–H groups in total. The third-order valence-electron chi connectivity index (χ3n) is 6.93. The number of likely N-dealkylation sites (tertiary alicyclic amines) is 2. The lowest BCUT2D eigenvalue weighted by Crippen LogP contribution is -2.55. The average molecular weight is 443 g/mol. The molecule has 4 rings (SSSR count). The number of carbonyl (C=O) groups excluding carboxylic acids is 3. The maximum Gasteiger partial charge on any atom is 0.325 e. The molecule has 174 valence electrons. The van der Waals surface area contributed by atoms with E-state index in [1.165, 1.54) is 4.90 Å². The number of benzene rings is 1. The molecule has 0 aliphatic carbocycles. The van der Waals surface area contributed by atoms with E-state index in [1.54, 1.807) is 4.90 Å². The minimum absolute atomic E-state index is 0.0647. The van der Waals surface area contributed by atoms with Crippen LogP contribution in [-0.2, 0) is 16.1 Å². The zero-order chi connectivity index (χ0) is 22.7. The molecule has 3 fully saturated rings. The lowest BCUT2D eigenvalue weighted by Gasteiger charge is -2.37. The number of hydrogen-bond acceptors (Lipinski definition) is 5. The van der Waals surface area contributed by atoms with Gasteiger partial charge in [-0.2, -0.15) is 0 Å². The zero-order valence-corrected chi connectivity index (χ0v) is 19.1. The smallest absolute Gasteiger partial charge is 0.325 e. The molecule has 3 aliphatic rings. The highest BCUT2D eigenvalue weighted by Crippen LogP contribution is 2.32. The van der Waals surface area contributed by atoms with Crippen LogP contribution in [0.15, 0.2) is 24.3 Å². The van der Waals surface area contributed by atoms with Gasteiger partial charge in [-0.15, -0.1) is 0 Å². The summed E-state index contributed by atoms with van der Waals surface area (Å²) in [6, 6.07) is 6.87. The van der Waals surface area contributed by atoms with E-state index in [0.29, 0.717) is 51.1 Å². The van der Waals surface area contributed by atoms with E-state index in [9.17, 15) is 14.4 Å². The van der Waals surface area contributed by atoms with Crippen LogP contribution in [0.1, 0.15) is 55.5 Å². The molecule has 1 aromatic rings. The molecular formula is C24H34N4O4. The van der Waals surface area contributed by atoms with E-state index in [0.717, 1.165) is 31.6 Å². The van der Waals surface area contributed by atoms with E-state index in [1.807, 2.05) is 31.2 Å². The maximum atomic E-state index is 13.3. The van der Waals surface area contributed by atoms with E-state index in [4.69, 9.17) is 4.74 Å². The summed E-state index contributed by atoms with van der Waals surface area (Å²) in [7, 11) is 0. The van der Waals surface area contributed by atoms with Crippen molar-refractivity contribution >= 4 is 17.8 Å². The fraction of sp³-hybridized carbons (Fsp3) is 0.625. The normalized spacial score (nSPS) is 23.2. The summed E-state index contributed by atoms with van der Waals surface area (Å²) in [5.41, 5.74) is 0.870. The van der Waals surface area contributed by atoms with Gasteiger partial charge in [0.2, 0.25) is 0 Å². The Labute approximate surface area is 189 Å². The van der Waals surface area contributed by atoms with E-state index >= 15 is 0 Å². The van der Waals surface area contributed by atoms with Gasteiger partial charge in [-0.3, -0.25) is 14.5 Å². The quantitative estimate of drug-likeness (QED) is 0.655. The highest BCUT2D eigenvalue weighted by atomic mass is 16.5. The van der Waals surface area contributed by atoms with Crippen molar-refractivity contribution in [1.29, 1.82) is 0 Å². The number of rotatable bonds is 7. The topological polar surface area (TPSA) is 82.2 Å². The van der Waals surface area contributed by atoms with Gasteiger partial charge in [0.1, 0.15) is 5.54 Å². The number of amides is 4. The number of nitrogens with one attached hydrogen (secondary N) is 1. The van der Waals surface area contributed by atoms with Gasteiger partial charge in [-0.25, -0.2) is 4.79 Å². The van der Waals surface area contributed by atoms with E-state index < -0.39 is 5.54 Å². The Hall–Kier alpha value is -2.45. The summed E-state index contributed by atoms with van der Waals surface area (Å²) in [5, 5.41) is 3.00. The fourth-order valence-corrected chi connectivity index (χ4v) is 5.07. The summed E-state index contributed by atoms with van der Waals surface area (Å²) >= 11 is 0. The van der Waals surface area contributed by atoms with Crippen LogP contribution < -0.4 is 5.32 Å². The van der Waals surface area contributed by atoms with Gasteiger partial charge >= 0.3 is 6.03 Å². The molecule has 8 nitrogen and oxygen atoms in total. The Kier molecular flexibility index (Phi) is 6.81. The Morgan fingerprint density at radius 3 is 2.50 bits per heavy atom. The molecule has 0 bridgehead atoms. The van der Waals surface area contributed by atoms with Gasteiger partial charge in [-0.1, -0.05) is 19.1 Å². The summed E-state index contributed by atoms with van der Waals surface area (Å²) < 4.78 is 5.40. The van der Waals surface area contributed by atoms with Crippen LogP contribution in [-0.4, -0.2) is 83.5 Å². The Morgan fingerprint density at radius 2 is 1.84 bits per heavy atom. The molecule has 0 saturated carbocycles. The lowest BCUT2D eigenvalue weighted by atomic mass is 9.87. The van der Waals surface area contributed by atoms with Gasteiger partial charge in [0.25, 0.3) is 11.8 Å². The molecule has 3 aliphatic heterocycles. The number of ether oxygens (including phenoxy) is 1. The van der Waals surface area contributed by atoms with Crippen LogP contribution in [0.2, 0.25) is 0 Å². The molecule has 3 saturated heterocycles. The van der Waals surface area contributed by atoms with E-state index in [2.05, 4.69) is 17.1 Å². The summed E-state index contributed by atoms with van der Waals surface area (Å²) in [4.78, 5) is 44.6. The second-order valence-electron chi connectivity index (χ2n) is 9.06. The van der Waals surface area contributed by atoms with Crippen molar-refractivity contribution in [2.75, 3.05) is 39.3 Å². The van der Waals surface area contributed by atoms with Crippen LogP contribution in [0.4, 0.5) is 4.79 Å². The molecule has 0 radical (unpaired) electrons. The molecular weight excluding hydrogens is 408 g/mol. The second kappa shape index (κ2) is 9.58. The number of carbonyl (C=O) groups is 3. The molecule has 4 amide bonds. The van der Waals surface area contributed by atoms with Crippen molar-refractivity contribution in [3.63, 3.8) is 0 Å². The third kappa shape index (κ3) is 4.38. The summed E-state index contributed by atoms with van der Waals surface area (Å²) in [6.07, 6.45) is 3.00. The predicted octanol–water partition coefficient (Wildman–Crippen LogP) is 2.23. The van der Waals surface area contributed by atoms with Crippen LogP contribution in [0.3, 0.4) is 0 Å². The first kappa shape index (κ1) is 22.7. The standard InChI is InChI=1S/C24H34N4O4/c1-3-12-26-14-10-24(11-15-26)22(30)28(23(31)25-24)20-9-13-27(16-20)21(29)19-7-5-18(6-8-19)17-32-4-2/h5-8,20H,3-4,9-17H2,1-2H3,(H,25,31). The number of hydrogen-bond donors (Lipinski definition) is 1. The Balaban J connectivity index is 1.37. The van der Waals surface area contributed by atoms with Crippen LogP contribution in [0, 0.1) is 0 Å². The number of nitrogens with zero attached hydrogens (tertiary/aromatic N) is 3. The summed E-state index contributed by atoms with van der Waals surface area (Å²) in [5.74, 6) is -0.177. The molecule has 0 aromatic heterocycles. The van der Waals surface area contributed by atoms with Crippen LogP contribution >= 0.6 is 0 Å². The van der Waals surface area contributed by atoms with Crippen molar-refractivity contribution < 1.29 is 19.1 Å². The van der Waals surface area contributed by atoms with E-state index in [-0.39, 0.29) is 23.9 Å². The fourth-order valence-electron chi connectivity index (χ4n) is 5.07. The minimum atomic E-state index is -0.769. The van der Waals surface area contributed by atoms with Gasteiger partial charge in [0, 0.05) is 38.3 Å². The molecule has 1 atom stereocenters. The number of urea groups is 1. The summed E-state index contributed by atoms with van der Waals surface area (Å²) in [6.45, 7) is 8.87. The lowest BCUT2D eigenvalue weighted by molar-refractivity contribution is -0.134. The zero-order valence-electron chi connectivity index (χ0n) is 19.1. The van der Waals surface area contributed by atoms with Crippen molar-refractivity contribution in [1.82, 2.24) is 20.0 Å². The first-order valence-electron chi connectivity index (χ1n) is 11.8. The molecule has 1 aromatic carbocycles. The minimum Gasteiger partial charge on any atom is -0.377 e. The van der Waals surface area contributed by atoms with Crippen LogP contribution in [0.5, 0.6) is 0 Å². The van der Waals surface area contributed by atoms with Gasteiger partial charge in [0.15, 0.2) is 0 Å². The van der Waals surface area contributed by atoms with Crippen molar-refractivity contribution in [3.05, 3.63) is 35.4 Å². The number of piperidine rings is 1. The van der Waals surface area contributed by atoms with Gasteiger partial charge in [0.05, 0.1) is 12.6 Å². The predicted molar refractivity (Wildman–Crippen MR) is 120 cm³/mol. The maximum absolute atomic E-state index is 13.3.